The van der Waals surface area contributed by atoms with E-state index in [0.717, 1.165) is 56.4 Å². The Morgan fingerprint density at radius 1 is 0.585 bits per heavy atom. The number of nitrogens with one attached hydrogen (secondary N) is 2. The number of anilines is 1. The molecule has 2 fully saturated rings. The van der Waals surface area contributed by atoms with Crippen LogP contribution in [0.3, 0.4) is 0 Å². The highest BCUT2D eigenvalue weighted by Crippen LogP contribution is 2.32. The highest BCUT2D eigenvalue weighted by Gasteiger charge is 2.18. The molecule has 0 atom stereocenters. The van der Waals surface area contributed by atoms with Gasteiger partial charge in [0.1, 0.15) is 5.82 Å². The average Bonchev–Trinajstić information content (AvgIpc) is 2.98. The van der Waals surface area contributed by atoms with E-state index in [2.05, 4.69) is 15.5 Å². The lowest BCUT2D eigenvalue weighted by Gasteiger charge is -2.30. The van der Waals surface area contributed by atoms with Crippen molar-refractivity contribution in [2.75, 3.05) is 44.2 Å². The first-order valence-electron chi connectivity index (χ1n) is 13.5. The minimum Gasteiger partial charge on any atom is -0.371 e. The summed E-state index contributed by atoms with van der Waals surface area (Å²) in [4.78, 5) is 2.48. The molecule has 41 heavy (non-hydrogen) atoms. The highest BCUT2D eigenvalue weighted by atomic mass is 32.2. The Labute approximate surface area is 240 Å². The zero-order valence-electron chi connectivity index (χ0n) is 22.7. The number of benzene rings is 4. The first-order chi connectivity index (χ1) is 19.6. The maximum atomic E-state index is 13.3. The Hall–Kier alpha value is -3.13. The van der Waals surface area contributed by atoms with E-state index in [1.54, 1.807) is 18.2 Å². The fraction of sp³-hybridized carbons (Fsp3) is 0.310. The fourth-order valence-corrected chi connectivity index (χ4v) is 6.48. The van der Waals surface area contributed by atoms with Crippen LogP contribution in [0.25, 0.3) is 21.5 Å². The van der Waals surface area contributed by atoms with Crippen LogP contribution in [0.1, 0.15) is 19.3 Å². The number of halogens is 1. The average molecular weight is 602 g/mol. The van der Waals surface area contributed by atoms with Crippen molar-refractivity contribution in [3.63, 3.8) is 0 Å². The van der Waals surface area contributed by atoms with Gasteiger partial charge in [0.2, 0.25) is 20.0 Å². The number of sulfonamides is 2. The van der Waals surface area contributed by atoms with Gasteiger partial charge >= 0.3 is 0 Å². The van der Waals surface area contributed by atoms with Gasteiger partial charge in [-0.2, -0.15) is 0 Å². The SMILES string of the molecule is C1CNCCN1.NS(=O)(=O)c1ccc(F)c2ccccc12.NS(=O)(=O)c1ccc(N2CCCCC2)c2ccccc12. The molecule has 2 aliphatic rings. The van der Waals surface area contributed by atoms with Gasteiger partial charge in [-0.3, -0.25) is 0 Å². The number of rotatable bonds is 3. The maximum Gasteiger partial charge on any atom is 0.238 e. The number of nitrogens with two attached hydrogens (primary N) is 2. The van der Waals surface area contributed by atoms with E-state index in [1.807, 2.05) is 30.3 Å². The van der Waals surface area contributed by atoms with Crippen molar-refractivity contribution < 1.29 is 21.2 Å². The fourth-order valence-electron chi connectivity index (χ4n) is 5.00. The zero-order chi connectivity index (χ0) is 29.5. The van der Waals surface area contributed by atoms with Crippen LogP contribution in [0, 0.1) is 5.82 Å². The first kappa shape index (κ1) is 30.8. The lowest BCUT2D eigenvalue weighted by atomic mass is 10.1. The van der Waals surface area contributed by atoms with E-state index in [1.165, 1.54) is 37.5 Å². The van der Waals surface area contributed by atoms with Gasteiger partial charge in [-0.05, 0) is 43.5 Å². The Balaban J connectivity index is 0.000000161. The molecule has 2 saturated heterocycles. The Kier molecular flexibility index (Phi) is 10.3. The van der Waals surface area contributed by atoms with Crippen LogP contribution >= 0.6 is 0 Å². The summed E-state index contributed by atoms with van der Waals surface area (Å²) in [5, 5.41) is 19.0. The Morgan fingerprint density at radius 3 is 1.51 bits per heavy atom. The molecule has 0 unspecified atom stereocenters. The first-order valence-corrected chi connectivity index (χ1v) is 16.6. The third kappa shape index (κ3) is 8.00. The predicted octanol–water partition coefficient (Wildman–Crippen LogP) is 3.28. The van der Waals surface area contributed by atoms with Crippen LogP contribution in [0.4, 0.5) is 10.1 Å². The van der Waals surface area contributed by atoms with Crippen molar-refractivity contribution >= 4 is 47.3 Å². The van der Waals surface area contributed by atoms with Crippen molar-refractivity contribution in [1.29, 1.82) is 0 Å². The third-order valence-corrected chi connectivity index (χ3v) is 8.90. The zero-order valence-corrected chi connectivity index (χ0v) is 24.4. The van der Waals surface area contributed by atoms with E-state index in [9.17, 15) is 21.2 Å². The second-order valence-corrected chi connectivity index (χ2v) is 12.9. The maximum absolute atomic E-state index is 13.3. The van der Waals surface area contributed by atoms with Crippen molar-refractivity contribution in [3.05, 3.63) is 78.6 Å². The Morgan fingerprint density at radius 2 is 1.02 bits per heavy atom. The van der Waals surface area contributed by atoms with Crippen molar-refractivity contribution in [1.82, 2.24) is 10.6 Å². The second kappa shape index (κ2) is 13.7. The molecule has 0 aromatic heterocycles. The molecule has 0 bridgehead atoms. The minimum absolute atomic E-state index is 0.0560. The molecule has 0 radical (unpaired) electrons. The predicted molar refractivity (Wildman–Crippen MR) is 162 cm³/mol. The molecule has 0 aliphatic carbocycles. The topological polar surface area (TPSA) is 148 Å². The number of nitrogens with zero attached hydrogens (tertiary/aromatic N) is 1. The molecule has 4 aromatic rings. The standard InChI is InChI=1S/C15H18N2O2S.C10H8FNO2S.C4H10N2/c16-20(18,19)15-9-8-14(17-10-4-1-5-11-17)12-6-2-3-7-13(12)15;11-9-5-6-10(15(12,13)14)8-4-2-1-3-7(8)9;1-2-6-4-3-5-1/h2-3,6-9H,1,4-5,10-11H2,(H2,16,18,19);1-6H,(H2,12,13,14);5-6H,1-4H2. The molecule has 6 rings (SSSR count). The Bertz CT molecular complexity index is 1690. The van der Waals surface area contributed by atoms with Crippen LogP contribution in [-0.4, -0.2) is 56.1 Å². The lowest BCUT2D eigenvalue weighted by molar-refractivity contribution is 0.534. The van der Waals surface area contributed by atoms with Gasteiger partial charge in [0.25, 0.3) is 0 Å². The second-order valence-electron chi connectivity index (χ2n) is 9.86. The summed E-state index contributed by atoms with van der Waals surface area (Å²) in [5.41, 5.74) is 1.10. The van der Waals surface area contributed by atoms with Gasteiger partial charge in [0.05, 0.1) is 9.79 Å². The molecule has 6 N–H and O–H groups in total. The summed E-state index contributed by atoms with van der Waals surface area (Å²) in [6.07, 6.45) is 3.64. The monoisotopic (exact) mass is 601 g/mol. The van der Waals surface area contributed by atoms with Crippen LogP contribution < -0.4 is 25.8 Å². The molecule has 220 valence electrons. The molecular weight excluding hydrogens is 565 g/mol. The quantitative estimate of drug-likeness (QED) is 0.282. The van der Waals surface area contributed by atoms with Gasteiger partial charge in [0, 0.05) is 66.5 Å². The normalized spacial score (nSPS) is 15.9. The van der Waals surface area contributed by atoms with Crippen molar-refractivity contribution in [2.45, 2.75) is 29.1 Å². The van der Waals surface area contributed by atoms with Crippen LogP contribution in [0.2, 0.25) is 0 Å². The van der Waals surface area contributed by atoms with Gasteiger partial charge < -0.3 is 15.5 Å². The van der Waals surface area contributed by atoms with Gasteiger partial charge in [-0.25, -0.2) is 31.5 Å². The van der Waals surface area contributed by atoms with Crippen LogP contribution in [0.15, 0.2) is 82.6 Å². The summed E-state index contributed by atoms with van der Waals surface area (Å²) >= 11 is 0. The number of fused-ring (bicyclic) bond motifs is 2. The van der Waals surface area contributed by atoms with Crippen molar-refractivity contribution in [2.24, 2.45) is 10.3 Å². The molecule has 2 aliphatic heterocycles. The summed E-state index contributed by atoms with van der Waals surface area (Å²) in [7, 11) is -7.51. The van der Waals surface area contributed by atoms with E-state index in [4.69, 9.17) is 10.3 Å². The van der Waals surface area contributed by atoms with Gasteiger partial charge in [-0.15, -0.1) is 0 Å². The van der Waals surface area contributed by atoms with Crippen molar-refractivity contribution in [3.8, 4) is 0 Å². The minimum atomic E-state index is -3.81. The van der Waals surface area contributed by atoms with Gasteiger partial charge in [0.15, 0.2) is 0 Å². The number of hydrogen-bond donors (Lipinski definition) is 4. The number of hydrogen-bond acceptors (Lipinski definition) is 7. The third-order valence-electron chi connectivity index (χ3n) is 6.96. The summed E-state index contributed by atoms with van der Waals surface area (Å²) in [5.74, 6) is -0.460. The molecule has 4 aromatic carbocycles. The van der Waals surface area contributed by atoms with Crippen LogP contribution in [-0.2, 0) is 20.0 Å². The summed E-state index contributed by atoms with van der Waals surface area (Å²) in [6, 6.07) is 19.7. The number of piperazine rings is 1. The van der Waals surface area contributed by atoms with Gasteiger partial charge in [-0.1, -0.05) is 48.5 Å². The molecular formula is C29H36FN5O4S2. The summed E-state index contributed by atoms with van der Waals surface area (Å²) < 4.78 is 59.1. The van der Waals surface area contributed by atoms with E-state index >= 15 is 0 Å². The molecule has 0 saturated carbocycles. The molecule has 0 amide bonds. The smallest absolute Gasteiger partial charge is 0.238 e. The largest absolute Gasteiger partial charge is 0.371 e. The van der Waals surface area contributed by atoms with E-state index in [0.29, 0.717) is 10.8 Å². The number of piperidine rings is 1. The van der Waals surface area contributed by atoms with E-state index < -0.39 is 25.9 Å². The molecule has 0 spiro atoms. The summed E-state index contributed by atoms with van der Waals surface area (Å²) in [6.45, 7) is 6.61. The lowest BCUT2D eigenvalue weighted by Crippen LogP contribution is -2.39. The van der Waals surface area contributed by atoms with E-state index in [-0.39, 0.29) is 15.2 Å². The molecule has 9 nitrogen and oxygen atoms in total. The van der Waals surface area contributed by atoms with Crippen LogP contribution in [0.5, 0.6) is 0 Å². The number of primary sulfonamides is 2. The molecule has 12 heteroatoms. The highest BCUT2D eigenvalue weighted by molar-refractivity contribution is 7.89. The molecule has 2 heterocycles.